The monoisotopic (exact) mass is 230 g/mol. The van der Waals surface area contributed by atoms with Crippen LogP contribution in [0.4, 0.5) is 0 Å². The molecule has 0 fully saturated rings. The van der Waals surface area contributed by atoms with Crippen molar-refractivity contribution in [2.24, 2.45) is 0 Å². The Morgan fingerprint density at radius 1 is 1.00 bits per heavy atom. The fourth-order valence-electron chi connectivity index (χ4n) is 2.38. The molecule has 0 atom stereocenters. The highest BCUT2D eigenvalue weighted by molar-refractivity contribution is 5.85. The summed E-state index contributed by atoms with van der Waals surface area (Å²) in [6, 6.07) is 2.06. The van der Waals surface area contributed by atoms with Crippen molar-refractivity contribution in [1.82, 2.24) is 9.97 Å². The molecule has 2 aromatic heterocycles. The maximum absolute atomic E-state index is 4.26. The van der Waals surface area contributed by atoms with Crippen LogP contribution in [0, 0.1) is 0 Å². The summed E-state index contributed by atoms with van der Waals surface area (Å²) >= 11 is 0. The SMILES string of the molecule is CC(C)(C)c1[nH]c2ccncc2c1C(C)(C)C. The molecule has 0 amide bonds. The van der Waals surface area contributed by atoms with Crippen LogP contribution in [0.15, 0.2) is 18.5 Å². The first kappa shape index (κ1) is 12.2. The molecule has 1 N–H and O–H groups in total. The highest BCUT2D eigenvalue weighted by Gasteiger charge is 2.29. The topological polar surface area (TPSA) is 28.7 Å². The molecule has 2 rings (SSSR count). The number of H-pyrrole nitrogens is 1. The summed E-state index contributed by atoms with van der Waals surface area (Å²) < 4.78 is 0. The fourth-order valence-corrected chi connectivity index (χ4v) is 2.38. The molecule has 0 aliphatic carbocycles. The van der Waals surface area contributed by atoms with Gasteiger partial charge < -0.3 is 4.98 Å². The molecule has 0 saturated heterocycles. The van der Waals surface area contributed by atoms with E-state index in [2.05, 4.69) is 57.6 Å². The van der Waals surface area contributed by atoms with Crippen molar-refractivity contribution in [3.8, 4) is 0 Å². The van der Waals surface area contributed by atoms with Gasteiger partial charge in [0.2, 0.25) is 0 Å². The van der Waals surface area contributed by atoms with Crippen molar-refractivity contribution in [3.63, 3.8) is 0 Å². The van der Waals surface area contributed by atoms with Crippen molar-refractivity contribution in [2.45, 2.75) is 52.4 Å². The molecule has 2 nitrogen and oxygen atoms in total. The van der Waals surface area contributed by atoms with E-state index in [1.807, 2.05) is 12.4 Å². The number of hydrogen-bond acceptors (Lipinski definition) is 1. The number of rotatable bonds is 0. The van der Waals surface area contributed by atoms with Crippen LogP contribution in [-0.4, -0.2) is 9.97 Å². The van der Waals surface area contributed by atoms with Gasteiger partial charge in [0.05, 0.1) is 0 Å². The van der Waals surface area contributed by atoms with Gasteiger partial charge in [-0.25, -0.2) is 0 Å². The minimum absolute atomic E-state index is 0.127. The molecular weight excluding hydrogens is 208 g/mol. The van der Waals surface area contributed by atoms with Crippen LogP contribution in [0.2, 0.25) is 0 Å². The van der Waals surface area contributed by atoms with Gasteiger partial charge in [-0.3, -0.25) is 4.98 Å². The quantitative estimate of drug-likeness (QED) is 0.723. The van der Waals surface area contributed by atoms with Crippen molar-refractivity contribution < 1.29 is 0 Å². The molecule has 0 spiro atoms. The number of fused-ring (bicyclic) bond motifs is 1. The number of pyridine rings is 1. The van der Waals surface area contributed by atoms with Crippen LogP contribution in [0.25, 0.3) is 10.9 Å². The third-order valence-electron chi connectivity index (χ3n) is 3.10. The number of nitrogens with zero attached hydrogens (tertiary/aromatic N) is 1. The predicted molar refractivity (Wildman–Crippen MR) is 73.5 cm³/mol. The number of aromatic nitrogens is 2. The fraction of sp³-hybridized carbons (Fsp3) is 0.533. The first-order valence-electron chi connectivity index (χ1n) is 6.18. The average Bonchev–Trinajstić information content (AvgIpc) is 2.54. The molecule has 0 aliphatic rings. The molecule has 2 heterocycles. The van der Waals surface area contributed by atoms with Crippen LogP contribution in [0.1, 0.15) is 52.8 Å². The summed E-state index contributed by atoms with van der Waals surface area (Å²) in [4.78, 5) is 7.83. The largest absolute Gasteiger partial charge is 0.358 e. The van der Waals surface area contributed by atoms with Gasteiger partial charge in [-0.2, -0.15) is 0 Å². The summed E-state index contributed by atoms with van der Waals surface area (Å²) in [7, 11) is 0. The third kappa shape index (κ3) is 2.08. The summed E-state index contributed by atoms with van der Waals surface area (Å²) in [5.41, 5.74) is 4.17. The molecule has 0 saturated carbocycles. The lowest BCUT2D eigenvalue weighted by Gasteiger charge is -2.26. The van der Waals surface area contributed by atoms with E-state index in [1.165, 1.54) is 22.2 Å². The average molecular weight is 230 g/mol. The molecule has 0 unspecified atom stereocenters. The van der Waals surface area contributed by atoms with Crippen LogP contribution in [-0.2, 0) is 10.8 Å². The van der Waals surface area contributed by atoms with Gasteiger partial charge in [-0.15, -0.1) is 0 Å². The molecule has 0 aromatic carbocycles. The van der Waals surface area contributed by atoms with Crippen LogP contribution >= 0.6 is 0 Å². The molecule has 92 valence electrons. The van der Waals surface area contributed by atoms with Crippen LogP contribution in [0.3, 0.4) is 0 Å². The molecule has 2 heteroatoms. The lowest BCUT2D eigenvalue weighted by atomic mass is 9.78. The Labute approximate surface area is 103 Å². The van der Waals surface area contributed by atoms with E-state index < -0.39 is 0 Å². The highest BCUT2D eigenvalue weighted by atomic mass is 14.8. The van der Waals surface area contributed by atoms with Crippen molar-refractivity contribution >= 4 is 10.9 Å². The van der Waals surface area contributed by atoms with E-state index >= 15 is 0 Å². The van der Waals surface area contributed by atoms with Gasteiger partial charge in [0.1, 0.15) is 0 Å². The normalized spacial score (nSPS) is 13.3. The minimum atomic E-state index is 0.127. The summed E-state index contributed by atoms with van der Waals surface area (Å²) in [5, 5.41) is 1.25. The zero-order valence-electron chi connectivity index (χ0n) is 11.7. The van der Waals surface area contributed by atoms with E-state index in [1.54, 1.807) is 0 Å². The lowest BCUT2D eigenvalue weighted by Crippen LogP contribution is -2.21. The summed E-state index contributed by atoms with van der Waals surface area (Å²) in [5.74, 6) is 0. The van der Waals surface area contributed by atoms with Crippen LogP contribution < -0.4 is 0 Å². The van der Waals surface area contributed by atoms with E-state index in [0.717, 1.165) is 0 Å². The van der Waals surface area contributed by atoms with Crippen molar-refractivity contribution in [3.05, 3.63) is 29.7 Å². The van der Waals surface area contributed by atoms with Gasteiger partial charge in [0.25, 0.3) is 0 Å². The summed E-state index contributed by atoms with van der Waals surface area (Å²) in [6.07, 6.45) is 3.82. The Kier molecular flexibility index (Phi) is 2.57. The first-order valence-corrected chi connectivity index (χ1v) is 6.18. The van der Waals surface area contributed by atoms with Gasteiger partial charge in [0, 0.05) is 34.4 Å². The second kappa shape index (κ2) is 3.59. The minimum Gasteiger partial charge on any atom is -0.358 e. The first-order chi connectivity index (χ1) is 7.71. The Morgan fingerprint density at radius 3 is 2.18 bits per heavy atom. The smallest absolute Gasteiger partial charge is 0.0490 e. The Hall–Kier alpha value is -1.31. The number of aromatic amines is 1. The van der Waals surface area contributed by atoms with Gasteiger partial charge >= 0.3 is 0 Å². The molecule has 2 aromatic rings. The van der Waals surface area contributed by atoms with Crippen molar-refractivity contribution in [1.29, 1.82) is 0 Å². The zero-order chi connectivity index (χ0) is 12.8. The van der Waals surface area contributed by atoms with E-state index in [-0.39, 0.29) is 10.8 Å². The van der Waals surface area contributed by atoms with E-state index in [4.69, 9.17) is 0 Å². The van der Waals surface area contributed by atoms with Gasteiger partial charge in [0.15, 0.2) is 0 Å². The number of hydrogen-bond donors (Lipinski definition) is 1. The zero-order valence-corrected chi connectivity index (χ0v) is 11.7. The Morgan fingerprint density at radius 2 is 1.65 bits per heavy atom. The van der Waals surface area contributed by atoms with Gasteiger partial charge in [-0.1, -0.05) is 41.5 Å². The van der Waals surface area contributed by atoms with Crippen molar-refractivity contribution in [2.75, 3.05) is 0 Å². The second-order valence-corrected chi connectivity index (χ2v) is 6.80. The molecular formula is C15H22N2. The summed E-state index contributed by atoms with van der Waals surface area (Å²) in [6.45, 7) is 13.5. The molecule has 0 bridgehead atoms. The highest BCUT2D eigenvalue weighted by Crippen LogP contribution is 2.38. The third-order valence-corrected chi connectivity index (χ3v) is 3.10. The maximum atomic E-state index is 4.26. The van der Waals surface area contributed by atoms with Gasteiger partial charge in [-0.05, 0) is 17.0 Å². The van der Waals surface area contributed by atoms with E-state index in [9.17, 15) is 0 Å². The predicted octanol–water partition coefficient (Wildman–Crippen LogP) is 4.16. The lowest BCUT2D eigenvalue weighted by molar-refractivity contribution is 0.524. The molecule has 0 radical (unpaired) electrons. The maximum Gasteiger partial charge on any atom is 0.0490 e. The Balaban J connectivity index is 2.84. The van der Waals surface area contributed by atoms with Crippen LogP contribution in [0.5, 0.6) is 0 Å². The van der Waals surface area contributed by atoms with E-state index in [0.29, 0.717) is 0 Å². The standard InChI is InChI=1S/C15H22N2/c1-14(2,3)12-10-9-16-8-7-11(10)17-13(12)15(4,5)6/h7-9,17H,1-6H3. The molecule has 17 heavy (non-hydrogen) atoms. The second-order valence-electron chi connectivity index (χ2n) is 6.80. The molecule has 0 aliphatic heterocycles. The Bertz CT molecular complexity index is 536. The number of nitrogens with one attached hydrogen (secondary N) is 1.